The number of aromatic nitrogens is 2. The molecule has 0 aliphatic carbocycles. The Labute approximate surface area is 144 Å². The molecular weight excluding hydrogens is 318 g/mol. The summed E-state index contributed by atoms with van der Waals surface area (Å²) >= 11 is 0. The number of carbonyl (C=O) groups is 1. The van der Waals surface area contributed by atoms with E-state index in [0.717, 1.165) is 15.8 Å². The van der Waals surface area contributed by atoms with Crippen LogP contribution in [0.1, 0.15) is 5.56 Å². The fourth-order valence-corrected chi connectivity index (χ4v) is 2.82. The van der Waals surface area contributed by atoms with Crippen LogP contribution in [0.25, 0.3) is 10.9 Å². The van der Waals surface area contributed by atoms with Crippen molar-refractivity contribution in [1.29, 1.82) is 0 Å². The third-order valence-corrected chi connectivity index (χ3v) is 4.30. The molecule has 0 aliphatic rings. The van der Waals surface area contributed by atoms with E-state index in [4.69, 9.17) is 0 Å². The molecule has 1 aromatic heterocycles. The second-order valence-corrected chi connectivity index (χ2v) is 6.04. The SMILES string of the molecule is Cc1cccc(N(C)C(=O)Cn2c(=O)n(C)c(=O)c3ccccc32)c1. The molecule has 0 fully saturated rings. The Hall–Kier alpha value is -3.15. The van der Waals surface area contributed by atoms with Crippen LogP contribution >= 0.6 is 0 Å². The van der Waals surface area contributed by atoms with Gasteiger partial charge in [-0.05, 0) is 36.8 Å². The maximum absolute atomic E-state index is 12.7. The van der Waals surface area contributed by atoms with E-state index in [2.05, 4.69) is 0 Å². The first kappa shape index (κ1) is 16.7. The minimum Gasteiger partial charge on any atom is -0.314 e. The van der Waals surface area contributed by atoms with Crippen molar-refractivity contribution < 1.29 is 4.79 Å². The predicted molar refractivity (Wildman–Crippen MR) is 98.0 cm³/mol. The van der Waals surface area contributed by atoms with Gasteiger partial charge in [-0.15, -0.1) is 0 Å². The van der Waals surface area contributed by atoms with E-state index in [1.54, 1.807) is 31.3 Å². The lowest BCUT2D eigenvalue weighted by Crippen LogP contribution is -2.41. The smallest absolute Gasteiger partial charge is 0.314 e. The zero-order valence-corrected chi connectivity index (χ0v) is 14.4. The molecule has 0 atom stereocenters. The number of rotatable bonds is 3. The predicted octanol–water partition coefficient (Wildman–Crippen LogP) is 1.67. The zero-order valence-electron chi connectivity index (χ0n) is 14.4. The lowest BCUT2D eigenvalue weighted by molar-refractivity contribution is -0.118. The summed E-state index contributed by atoms with van der Waals surface area (Å²) in [4.78, 5) is 38.9. The molecule has 3 aromatic rings. The number of amides is 1. The van der Waals surface area contributed by atoms with Gasteiger partial charge in [0.15, 0.2) is 0 Å². The zero-order chi connectivity index (χ0) is 18.1. The van der Waals surface area contributed by atoms with Crippen LogP contribution < -0.4 is 16.1 Å². The monoisotopic (exact) mass is 337 g/mol. The summed E-state index contributed by atoms with van der Waals surface area (Å²) in [6.45, 7) is 1.81. The molecule has 1 amide bonds. The Morgan fingerprint density at radius 1 is 1.08 bits per heavy atom. The molecule has 0 saturated heterocycles. The highest BCUT2D eigenvalue weighted by molar-refractivity contribution is 5.93. The number of anilines is 1. The summed E-state index contributed by atoms with van der Waals surface area (Å²) < 4.78 is 2.37. The molecule has 0 N–H and O–H groups in total. The number of fused-ring (bicyclic) bond motifs is 1. The van der Waals surface area contributed by atoms with Gasteiger partial charge in [-0.1, -0.05) is 24.3 Å². The molecule has 6 heteroatoms. The fraction of sp³-hybridized carbons (Fsp3) is 0.211. The summed E-state index contributed by atoms with van der Waals surface area (Å²) in [5.41, 5.74) is 1.39. The molecule has 0 radical (unpaired) electrons. The molecule has 6 nitrogen and oxygen atoms in total. The Kier molecular flexibility index (Phi) is 4.27. The lowest BCUT2D eigenvalue weighted by atomic mass is 10.2. The summed E-state index contributed by atoms with van der Waals surface area (Å²) in [6, 6.07) is 14.4. The Bertz CT molecular complexity index is 1080. The maximum atomic E-state index is 12.7. The van der Waals surface area contributed by atoms with Gasteiger partial charge >= 0.3 is 5.69 Å². The number of hydrogen-bond donors (Lipinski definition) is 0. The number of benzene rings is 2. The third kappa shape index (κ3) is 2.98. The molecule has 0 aliphatic heterocycles. The highest BCUT2D eigenvalue weighted by atomic mass is 16.2. The van der Waals surface area contributed by atoms with Gasteiger partial charge in [0.05, 0.1) is 10.9 Å². The van der Waals surface area contributed by atoms with Crippen LogP contribution in [-0.2, 0) is 18.4 Å². The van der Waals surface area contributed by atoms with Crippen LogP contribution in [-0.4, -0.2) is 22.1 Å². The van der Waals surface area contributed by atoms with Crippen LogP contribution in [0, 0.1) is 6.92 Å². The number of nitrogens with zero attached hydrogens (tertiary/aromatic N) is 3. The van der Waals surface area contributed by atoms with E-state index in [0.29, 0.717) is 10.9 Å². The van der Waals surface area contributed by atoms with Gasteiger partial charge in [0.2, 0.25) is 5.91 Å². The van der Waals surface area contributed by atoms with Crippen molar-refractivity contribution in [2.24, 2.45) is 7.05 Å². The normalized spacial score (nSPS) is 10.8. The Morgan fingerprint density at radius 3 is 2.52 bits per heavy atom. The first-order valence-electron chi connectivity index (χ1n) is 7.92. The number of carbonyl (C=O) groups excluding carboxylic acids is 1. The largest absolute Gasteiger partial charge is 0.331 e. The number of likely N-dealkylation sites (N-methyl/N-ethyl adjacent to an activating group) is 1. The molecule has 0 saturated carbocycles. The van der Waals surface area contributed by atoms with Crippen LogP contribution in [0.2, 0.25) is 0 Å². The van der Waals surface area contributed by atoms with E-state index < -0.39 is 5.69 Å². The molecule has 25 heavy (non-hydrogen) atoms. The van der Waals surface area contributed by atoms with Crippen molar-refractivity contribution in [3.8, 4) is 0 Å². The van der Waals surface area contributed by atoms with Gasteiger partial charge in [0, 0.05) is 19.8 Å². The first-order chi connectivity index (χ1) is 11.9. The summed E-state index contributed by atoms with van der Waals surface area (Å²) in [5.74, 6) is -0.239. The van der Waals surface area contributed by atoms with Gasteiger partial charge in [0.1, 0.15) is 6.54 Å². The molecule has 128 valence electrons. The van der Waals surface area contributed by atoms with Gasteiger partial charge in [-0.25, -0.2) is 4.79 Å². The fourth-order valence-electron chi connectivity index (χ4n) is 2.82. The van der Waals surface area contributed by atoms with Gasteiger partial charge in [0.25, 0.3) is 5.56 Å². The van der Waals surface area contributed by atoms with Gasteiger partial charge < -0.3 is 4.90 Å². The Morgan fingerprint density at radius 2 is 1.80 bits per heavy atom. The second-order valence-electron chi connectivity index (χ2n) is 6.04. The average Bonchev–Trinajstić information content (AvgIpc) is 2.62. The van der Waals surface area contributed by atoms with Crippen molar-refractivity contribution >= 4 is 22.5 Å². The molecule has 3 rings (SSSR count). The molecule has 0 spiro atoms. The van der Waals surface area contributed by atoms with Crippen molar-refractivity contribution in [3.63, 3.8) is 0 Å². The summed E-state index contributed by atoms with van der Waals surface area (Å²) in [5, 5.41) is 0.413. The van der Waals surface area contributed by atoms with Crippen LogP contribution in [0.3, 0.4) is 0 Å². The van der Waals surface area contributed by atoms with E-state index in [1.807, 2.05) is 31.2 Å². The van der Waals surface area contributed by atoms with E-state index >= 15 is 0 Å². The molecular formula is C19H19N3O3. The van der Waals surface area contributed by atoms with Gasteiger partial charge in [-0.2, -0.15) is 0 Å². The van der Waals surface area contributed by atoms with Crippen LogP contribution in [0.5, 0.6) is 0 Å². The molecule has 2 aromatic carbocycles. The summed E-state index contributed by atoms with van der Waals surface area (Å²) in [7, 11) is 3.09. The quantitative estimate of drug-likeness (QED) is 0.730. The number of para-hydroxylation sites is 1. The minimum atomic E-state index is -0.505. The highest BCUT2D eigenvalue weighted by Crippen LogP contribution is 2.15. The lowest BCUT2D eigenvalue weighted by Gasteiger charge is -2.19. The maximum Gasteiger partial charge on any atom is 0.331 e. The second kappa shape index (κ2) is 6.39. The summed E-state index contributed by atoms with van der Waals surface area (Å²) in [6.07, 6.45) is 0. The van der Waals surface area contributed by atoms with Crippen LogP contribution in [0.15, 0.2) is 58.1 Å². The minimum absolute atomic E-state index is 0.141. The number of hydrogen-bond acceptors (Lipinski definition) is 3. The molecule has 0 bridgehead atoms. The topological polar surface area (TPSA) is 64.3 Å². The highest BCUT2D eigenvalue weighted by Gasteiger charge is 2.16. The van der Waals surface area contributed by atoms with Crippen molar-refractivity contribution in [2.45, 2.75) is 13.5 Å². The first-order valence-corrected chi connectivity index (χ1v) is 7.92. The van der Waals surface area contributed by atoms with E-state index in [9.17, 15) is 14.4 Å². The van der Waals surface area contributed by atoms with Gasteiger partial charge in [-0.3, -0.25) is 18.7 Å². The van der Waals surface area contributed by atoms with Crippen molar-refractivity contribution in [2.75, 3.05) is 11.9 Å². The Balaban J connectivity index is 2.05. The standard InChI is InChI=1S/C19H19N3O3/c1-13-7-6-8-14(11-13)20(2)17(23)12-22-16-10-5-4-9-15(16)18(24)21(3)19(22)25/h4-11H,12H2,1-3H3. The third-order valence-electron chi connectivity index (χ3n) is 4.30. The van der Waals surface area contributed by atoms with Crippen molar-refractivity contribution in [1.82, 2.24) is 9.13 Å². The number of aryl methyl sites for hydroxylation is 1. The molecule has 0 unspecified atom stereocenters. The van der Waals surface area contributed by atoms with Crippen molar-refractivity contribution in [3.05, 3.63) is 74.9 Å². The van der Waals surface area contributed by atoms with E-state index in [1.165, 1.54) is 16.5 Å². The van der Waals surface area contributed by atoms with Crippen LogP contribution in [0.4, 0.5) is 5.69 Å². The van der Waals surface area contributed by atoms with E-state index in [-0.39, 0.29) is 18.0 Å². The molecule has 1 heterocycles. The average molecular weight is 337 g/mol.